The maximum atomic E-state index is 12.9. The Morgan fingerprint density at radius 1 is 1.33 bits per heavy atom. The summed E-state index contributed by atoms with van der Waals surface area (Å²) in [6.45, 7) is 2.53. The number of hydrogen-bond acceptors (Lipinski definition) is 6. The van der Waals surface area contributed by atoms with Gasteiger partial charge in [0, 0.05) is 25.9 Å². The maximum Gasteiger partial charge on any atom is 0.326 e. The lowest BCUT2D eigenvalue weighted by Gasteiger charge is -2.11. The zero-order valence-electron chi connectivity index (χ0n) is 15.1. The fourth-order valence-corrected chi connectivity index (χ4v) is 4.91. The van der Waals surface area contributed by atoms with Crippen LogP contribution in [0, 0.1) is 0 Å². The Balaban J connectivity index is 0.00000210. The molecule has 1 fully saturated rings. The van der Waals surface area contributed by atoms with Crippen molar-refractivity contribution < 1.29 is 21.8 Å². The lowest BCUT2D eigenvalue weighted by Crippen LogP contribution is -3.00. The molecule has 2 aromatic rings. The van der Waals surface area contributed by atoms with Crippen LogP contribution in [0.4, 0.5) is 11.6 Å². The maximum absolute atomic E-state index is 12.9. The molecule has 140 valence electrons. The van der Waals surface area contributed by atoms with Crippen LogP contribution in [0.2, 0.25) is 0 Å². The first kappa shape index (κ1) is 19.6. The number of fused-ring (bicyclic) bond motifs is 1. The Labute approximate surface area is 171 Å². The Bertz CT molecular complexity index is 1080. The number of allylic oxidation sites excluding steroid dienone is 1. The second-order valence-electron chi connectivity index (χ2n) is 5.87. The van der Waals surface area contributed by atoms with Gasteiger partial charge >= 0.3 is 5.82 Å². The van der Waals surface area contributed by atoms with Crippen LogP contribution in [0.25, 0.3) is 11.0 Å². The van der Waals surface area contributed by atoms with Crippen LogP contribution in [-0.2, 0) is 11.8 Å². The average molecular weight is 420 g/mol. The fourth-order valence-electron chi connectivity index (χ4n) is 2.74. The number of anilines is 1. The van der Waals surface area contributed by atoms with Gasteiger partial charge in [-0.2, -0.15) is 0 Å². The first-order chi connectivity index (χ1) is 12.6. The molecule has 9 heteroatoms. The van der Waals surface area contributed by atoms with Gasteiger partial charge in [0.15, 0.2) is 5.82 Å². The van der Waals surface area contributed by atoms with Crippen molar-refractivity contribution in [1.82, 2.24) is 9.88 Å². The zero-order valence-corrected chi connectivity index (χ0v) is 17.5. The average Bonchev–Trinajstić information content (AvgIpc) is 3.19. The summed E-state index contributed by atoms with van der Waals surface area (Å²) < 4.78 is 3.74. The second kappa shape index (κ2) is 7.84. The van der Waals surface area contributed by atoms with Crippen LogP contribution in [-0.4, -0.2) is 34.6 Å². The van der Waals surface area contributed by atoms with E-state index in [0.717, 1.165) is 20.8 Å². The minimum absolute atomic E-state index is 0. The number of halogens is 1. The number of rotatable bonds is 2. The van der Waals surface area contributed by atoms with Crippen LogP contribution in [0.3, 0.4) is 0 Å². The van der Waals surface area contributed by atoms with Gasteiger partial charge in [-0.05, 0) is 41.9 Å². The van der Waals surface area contributed by atoms with E-state index in [9.17, 15) is 4.79 Å². The number of hydrogen-bond donors (Lipinski definition) is 0. The predicted octanol–water partition coefficient (Wildman–Crippen LogP) is -1.89. The lowest BCUT2D eigenvalue weighted by molar-refractivity contribution is -0.658. The van der Waals surface area contributed by atoms with Gasteiger partial charge in [0.25, 0.3) is 11.1 Å². The molecule has 27 heavy (non-hydrogen) atoms. The molecule has 6 nitrogen and oxygen atoms in total. The largest absolute Gasteiger partial charge is 1.00 e. The van der Waals surface area contributed by atoms with Gasteiger partial charge < -0.3 is 17.3 Å². The van der Waals surface area contributed by atoms with E-state index in [4.69, 9.17) is 4.99 Å². The Hall–Kier alpha value is -2.16. The monoisotopic (exact) mass is 419 g/mol. The van der Waals surface area contributed by atoms with E-state index in [0.29, 0.717) is 16.6 Å². The Morgan fingerprint density at radius 2 is 2.15 bits per heavy atom. The molecule has 4 rings (SSSR count). The molecule has 1 saturated heterocycles. The predicted molar refractivity (Wildman–Crippen MR) is 106 cm³/mol. The summed E-state index contributed by atoms with van der Waals surface area (Å²) in [6, 6.07) is 5.82. The summed E-state index contributed by atoms with van der Waals surface area (Å²) in [4.78, 5) is 26.6. The van der Waals surface area contributed by atoms with E-state index in [1.807, 2.05) is 73.2 Å². The quantitative estimate of drug-likeness (QED) is 0.534. The first-order valence-electron chi connectivity index (χ1n) is 8.24. The molecule has 1 amide bonds. The molecule has 0 aliphatic carbocycles. The molecule has 2 aliphatic rings. The first-order valence-corrected chi connectivity index (χ1v) is 9.87. The number of aliphatic imine (C=N–C) groups is 1. The summed E-state index contributed by atoms with van der Waals surface area (Å²) >= 11 is 2.94. The van der Waals surface area contributed by atoms with E-state index in [1.54, 1.807) is 4.90 Å². The van der Waals surface area contributed by atoms with Crippen molar-refractivity contribution in [2.45, 2.75) is 6.92 Å². The standard InChI is InChI=1S/C18H18N5OS2.ClH/c1-4-23-17(24)14(16-20-15-12(25-16)8-7-11-22(15)3)26-18(23)19-13-9-5-6-10-21(13)2;/h5-11H,4H2,1-3H3;1H/q+1;/p-1/b16-14-;. The van der Waals surface area contributed by atoms with Crippen molar-refractivity contribution in [3.8, 4) is 0 Å². The third-order valence-corrected chi connectivity index (χ3v) is 6.36. The molecule has 0 aromatic carbocycles. The number of pyridine rings is 1. The molecule has 4 heterocycles. The lowest BCUT2D eigenvalue weighted by atomic mass is 10.4. The number of thiazole rings is 1. The Kier molecular flexibility index (Phi) is 5.69. The number of aromatic nitrogens is 2. The van der Waals surface area contributed by atoms with Gasteiger partial charge in [-0.25, -0.2) is 9.55 Å². The fraction of sp³-hybridized carbons (Fsp3) is 0.222. The van der Waals surface area contributed by atoms with E-state index in [2.05, 4.69) is 4.98 Å². The van der Waals surface area contributed by atoms with Crippen molar-refractivity contribution in [2.75, 3.05) is 18.5 Å². The number of aryl methyl sites for hydroxylation is 1. The summed E-state index contributed by atoms with van der Waals surface area (Å²) in [7, 11) is 3.90. The molecule has 0 bridgehead atoms. The molecular formula is C18H18ClN5OS2. The van der Waals surface area contributed by atoms with Gasteiger partial charge in [0.2, 0.25) is 0 Å². The normalized spacial score (nSPS) is 19.2. The van der Waals surface area contributed by atoms with E-state index in [-0.39, 0.29) is 18.3 Å². The van der Waals surface area contributed by atoms with Crippen LogP contribution >= 0.6 is 23.1 Å². The summed E-state index contributed by atoms with van der Waals surface area (Å²) in [6.07, 6.45) is 7.91. The molecule has 0 unspecified atom stereocenters. The minimum atomic E-state index is -0.0310. The smallest absolute Gasteiger partial charge is 0.326 e. The van der Waals surface area contributed by atoms with Gasteiger partial charge in [-0.15, -0.1) is 11.3 Å². The topological polar surface area (TPSA) is 52.7 Å². The van der Waals surface area contributed by atoms with Crippen LogP contribution < -0.4 is 31.1 Å². The van der Waals surface area contributed by atoms with Crippen LogP contribution in [0.15, 0.2) is 41.7 Å². The molecular weight excluding hydrogens is 402 g/mol. The highest BCUT2D eigenvalue weighted by atomic mass is 35.5. The van der Waals surface area contributed by atoms with E-state index < -0.39 is 0 Å². The van der Waals surface area contributed by atoms with E-state index >= 15 is 0 Å². The molecule has 0 N–H and O–H groups in total. The van der Waals surface area contributed by atoms with Gasteiger partial charge in [0.1, 0.15) is 9.57 Å². The van der Waals surface area contributed by atoms with E-state index in [1.165, 1.54) is 23.1 Å². The van der Waals surface area contributed by atoms with Crippen molar-refractivity contribution in [3.63, 3.8) is 0 Å². The van der Waals surface area contributed by atoms with Gasteiger partial charge in [0.05, 0.1) is 17.8 Å². The van der Waals surface area contributed by atoms with Gasteiger partial charge in [-0.1, -0.05) is 6.07 Å². The summed E-state index contributed by atoms with van der Waals surface area (Å²) in [5.74, 6) is 1.66. The van der Waals surface area contributed by atoms with Crippen molar-refractivity contribution in [1.29, 1.82) is 0 Å². The SMILES string of the molecule is CCN1C(=O)/C(=c2\nc3c(s2)=CC=CN3C)SC1=Nc1cccc[n+]1C.[Cl-]. The third kappa shape index (κ3) is 3.52. The van der Waals surface area contributed by atoms with Gasteiger partial charge in [-0.3, -0.25) is 9.69 Å². The van der Waals surface area contributed by atoms with Crippen molar-refractivity contribution in [2.24, 2.45) is 12.0 Å². The highest BCUT2D eigenvalue weighted by molar-refractivity contribution is 8.23. The number of carbonyl (C=O) groups is 1. The zero-order chi connectivity index (χ0) is 18.3. The molecule has 0 saturated carbocycles. The number of carbonyl (C=O) groups excluding carboxylic acids is 1. The molecule has 0 atom stereocenters. The van der Waals surface area contributed by atoms with Crippen LogP contribution in [0.1, 0.15) is 6.92 Å². The third-order valence-electron chi connectivity index (χ3n) is 4.14. The van der Waals surface area contributed by atoms with Crippen molar-refractivity contribution >= 4 is 56.8 Å². The minimum Gasteiger partial charge on any atom is -1.00 e. The number of thioether (sulfide) groups is 1. The highest BCUT2D eigenvalue weighted by Gasteiger charge is 2.37. The molecule has 2 aromatic heterocycles. The highest BCUT2D eigenvalue weighted by Crippen LogP contribution is 2.32. The Morgan fingerprint density at radius 3 is 2.85 bits per heavy atom. The molecule has 2 aliphatic heterocycles. The molecule has 0 radical (unpaired) electrons. The second-order valence-corrected chi connectivity index (χ2v) is 7.88. The summed E-state index contributed by atoms with van der Waals surface area (Å²) in [5.41, 5.74) is 0. The number of amides is 1. The van der Waals surface area contributed by atoms with Crippen molar-refractivity contribution in [3.05, 3.63) is 45.9 Å². The van der Waals surface area contributed by atoms with Crippen LogP contribution in [0.5, 0.6) is 0 Å². The molecule has 0 spiro atoms. The number of nitrogens with zero attached hydrogens (tertiary/aromatic N) is 5. The summed E-state index contributed by atoms with van der Waals surface area (Å²) in [5, 5.41) is 0.693. The number of amidine groups is 1.